The molecule has 0 saturated heterocycles. The van der Waals surface area contributed by atoms with E-state index in [4.69, 9.17) is 4.74 Å². The van der Waals surface area contributed by atoms with Crippen molar-refractivity contribution in [3.8, 4) is 11.6 Å². The molecule has 7 nitrogen and oxygen atoms in total. The van der Waals surface area contributed by atoms with Gasteiger partial charge in [0.2, 0.25) is 5.88 Å². The van der Waals surface area contributed by atoms with Crippen LogP contribution >= 0.6 is 0 Å². The average molecular weight is 295 g/mol. The summed E-state index contributed by atoms with van der Waals surface area (Å²) in [5.74, 6) is 0.127. The number of nitrogens with one attached hydrogen (secondary N) is 1. The van der Waals surface area contributed by atoms with Gasteiger partial charge >= 0.3 is 0 Å². The number of carbonyl (C=O) groups excluding carboxylic acids is 1. The lowest BCUT2D eigenvalue weighted by Gasteiger charge is -2.03. The van der Waals surface area contributed by atoms with E-state index in [1.54, 1.807) is 23.0 Å². The van der Waals surface area contributed by atoms with Crippen molar-refractivity contribution in [2.75, 3.05) is 12.4 Å². The molecule has 0 aliphatic carbocycles. The summed E-state index contributed by atoms with van der Waals surface area (Å²) in [6, 6.07) is 12.8. The van der Waals surface area contributed by atoms with Crippen molar-refractivity contribution >= 4 is 11.6 Å². The predicted octanol–water partition coefficient (Wildman–Crippen LogP) is 1.92. The molecule has 0 spiro atoms. The number of hydrogen-bond donors (Lipinski definition) is 1. The number of benzene rings is 1. The number of rotatable bonds is 4. The topological polar surface area (TPSA) is 81.9 Å². The second-order valence-corrected chi connectivity index (χ2v) is 4.43. The molecule has 0 radical (unpaired) electrons. The van der Waals surface area contributed by atoms with Gasteiger partial charge in [-0.05, 0) is 18.2 Å². The minimum absolute atomic E-state index is 0.222. The van der Waals surface area contributed by atoms with Gasteiger partial charge in [0.05, 0.1) is 30.9 Å². The molecule has 1 amide bonds. The van der Waals surface area contributed by atoms with Gasteiger partial charge < -0.3 is 10.1 Å². The molecule has 7 heteroatoms. The molecule has 0 aliphatic heterocycles. The van der Waals surface area contributed by atoms with Gasteiger partial charge in [0.15, 0.2) is 5.69 Å². The standard InChI is InChI=1S/C15H13N5O2/c1-22-14-8-7-11(9-16-14)17-15(21)13-10-20(19-18-13)12-5-3-2-4-6-12/h2-10H,1H3,(H,17,21). The number of para-hydroxylation sites is 1. The lowest BCUT2D eigenvalue weighted by Crippen LogP contribution is -2.12. The van der Waals surface area contributed by atoms with E-state index in [9.17, 15) is 4.79 Å². The molecule has 3 rings (SSSR count). The first-order valence-electron chi connectivity index (χ1n) is 6.55. The largest absolute Gasteiger partial charge is 0.481 e. The first-order valence-corrected chi connectivity index (χ1v) is 6.55. The van der Waals surface area contributed by atoms with Gasteiger partial charge in [-0.25, -0.2) is 9.67 Å². The van der Waals surface area contributed by atoms with E-state index in [1.807, 2.05) is 30.3 Å². The van der Waals surface area contributed by atoms with Crippen molar-refractivity contribution in [2.45, 2.75) is 0 Å². The zero-order valence-electron chi connectivity index (χ0n) is 11.8. The fourth-order valence-electron chi connectivity index (χ4n) is 1.84. The summed E-state index contributed by atoms with van der Waals surface area (Å²) in [4.78, 5) is 16.1. The van der Waals surface area contributed by atoms with Crippen LogP contribution < -0.4 is 10.1 Å². The normalized spacial score (nSPS) is 10.2. The Hall–Kier alpha value is -3.22. The van der Waals surface area contributed by atoms with E-state index in [1.165, 1.54) is 13.3 Å². The van der Waals surface area contributed by atoms with Crippen LogP contribution in [0.1, 0.15) is 10.5 Å². The monoisotopic (exact) mass is 295 g/mol. The van der Waals surface area contributed by atoms with Gasteiger partial charge in [-0.15, -0.1) is 5.10 Å². The summed E-state index contributed by atoms with van der Waals surface area (Å²) in [6.07, 6.45) is 3.08. The molecule has 0 atom stereocenters. The van der Waals surface area contributed by atoms with Gasteiger partial charge in [0, 0.05) is 6.07 Å². The predicted molar refractivity (Wildman–Crippen MR) is 80.1 cm³/mol. The molecular weight excluding hydrogens is 282 g/mol. The Morgan fingerprint density at radius 3 is 2.68 bits per heavy atom. The third kappa shape index (κ3) is 2.93. The Labute approximate surface area is 126 Å². The third-order valence-electron chi connectivity index (χ3n) is 2.95. The van der Waals surface area contributed by atoms with Crippen molar-refractivity contribution in [3.05, 3.63) is 60.6 Å². The highest BCUT2D eigenvalue weighted by molar-refractivity contribution is 6.02. The number of pyridine rings is 1. The molecule has 0 bridgehead atoms. The van der Waals surface area contributed by atoms with E-state index in [-0.39, 0.29) is 11.6 Å². The van der Waals surface area contributed by atoms with Crippen molar-refractivity contribution in [1.82, 2.24) is 20.0 Å². The zero-order valence-corrected chi connectivity index (χ0v) is 11.8. The summed E-state index contributed by atoms with van der Waals surface area (Å²) >= 11 is 0. The van der Waals surface area contributed by atoms with Crippen LogP contribution in [0.15, 0.2) is 54.9 Å². The maximum atomic E-state index is 12.1. The van der Waals surface area contributed by atoms with Crippen LogP contribution in [0, 0.1) is 0 Å². The fraction of sp³-hybridized carbons (Fsp3) is 0.0667. The van der Waals surface area contributed by atoms with Crippen LogP contribution in [0.3, 0.4) is 0 Å². The van der Waals surface area contributed by atoms with E-state index < -0.39 is 0 Å². The summed E-state index contributed by atoms with van der Waals surface area (Å²) in [5.41, 5.74) is 1.61. The average Bonchev–Trinajstić information content (AvgIpc) is 3.06. The van der Waals surface area contributed by atoms with Crippen LogP contribution in [-0.2, 0) is 0 Å². The number of ether oxygens (including phenoxy) is 1. The molecule has 22 heavy (non-hydrogen) atoms. The molecule has 2 heterocycles. The Balaban J connectivity index is 1.74. The number of carbonyl (C=O) groups is 1. The van der Waals surface area contributed by atoms with Crippen molar-refractivity contribution in [2.24, 2.45) is 0 Å². The van der Waals surface area contributed by atoms with Gasteiger partial charge in [0.25, 0.3) is 5.91 Å². The highest BCUT2D eigenvalue weighted by Crippen LogP contribution is 2.12. The molecule has 1 N–H and O–H groups in total. The van der Waals surface area contributed by atoms with Crippen LogP contribution in [0.5, 0.6) is 5.88 Å². The van der Waals surface area contributed by atoms with Gasteiger partial charge in [-0.2, -0.15) is 0 Å². The molecular formula is C15H13N5O2. The number of anilines is 1. The van der Waals surface area contributed by atoms with Gasteiger partial charge in [-0.3, -0.25) is 4.79 Å². The minimum Gasteiger partial charge on any atom is -0.481 e. The highest BCUT2D eigenvalue weighted by atomic mass is 16.5. The lowest BCUT2D eigenvalue weighted by atomic mass is 10.3. The lowest BCUT2D eigenvalue weighted by molar-refractivity contribution is 0.102. The Morgan fingerprint density at radius 1 is 1.18 bits per heavy atom. The van der Waals surface area contributed by atoms with Crippen LogP contribution in [0.25, 0.3) is 5.69 Å². The smallest absolute Gasteiger partial charge is 0.277 e. The van der Waals surface area contributed by atoms with Crippen LogP contribution in [0.2, 0.25) is 0 Å². The molecule has 1 aromatic carbocycles. The molecule has 0 saturated carbocycles. The second kappa shape index (κ2) is 6.04. The quantitative estimate of drug-likeness (QED) is 0.795. The zero-order chi connectivity index (χ0) is 15.4. The first-order chi connectivity index (χ1) is 10.8. The van der Waals surface area contributed by atoms with Crippen LogP contribution in [-0.4, -0.2) is 33.0 Å². The number of hydrogen-bond acceptors (Lipinski definition) is 5. The molecule has 2 aromatic heterocycles. The fourth-order valence-corrected chi connectivity index (χ4v) is 1.84. The van der Waals surface area contributed by atoms with E-state index >= 15 is 0 Å². The van der Waals surface area contributed by atoms with Crippen molar-refractivity contribution in [1.29, 1.82) is 0 Å². The minimum atomic E-state index is -0.353. The maximum absolute atomic E-state index is 12.1. The molecule has 0 aliphatic rings. The second-order valence-electron chi connectivity index (χ2n) is 4.43. The van der Waals surface area contributed by atoms with E-state index in [0.717, 1.165) is 5.69 Å². The maximum Gasteiger partial charge on any atom is 0.277 e. The van der Waals surface area contributed by atoms with Crippen LogP contribution in [0.4, 0.5) is 5.69 Å². The Kier molecular flexibility index (Phi) is 3.78. The molecule has 110 valence electrons. The molecule has 0 unspecified atom stereocenters. The number of amides is 1. The summed E-state index contributed by atoms with van der Waals surface area (Å²) in [7, 11) is 1.53. The van der Waals surface area contributed by atoms with Gasteiger partial charge in [-0.1, -0.05) is 23.4 Å². The van der Waals surface area contributed by atoms with Crippen molar-refractivity contribution in [3.63, 3.8) is 0 Å². The SMILES string of the molecule is COc1ccc(NC(=O)c2cn(-c3ccccc3)nn2)cn1. The number of methoxy groups -OCH3 is 1. The van der Waals surface area contributed by atoms with Gasteiger partial charge in [0.1, 0.15) is 0 Å². The van der Waals surface area contributed by atoms with E-state index in [2.05, 4.69) is 20.6 Å². The highest BCUT2D eigenvalue weighted by Gasteiger charge is 2.12. The molecule has 3 aromatic rings. The van der Waals surface area contributed by atoms with Crippen molar-refractivity contribution < 1.29 is 9.53 Å². The Morgan fingerprint density at radius 2 is 2.00 bits per heavy atom. The van der Waals surface area contributed by atoms with E-state index in [0.29, 0.717) is 11.6 Å². The summed E-state index contributed by atoms with van der Waals surface area (Å²) in [5, 5.41) is 10.5. The summed E-state index contributed by atoms with van der Waals surface area (Å²) < 4.78 is 6.50. The Bertz CT molecular complexity index is 768. The third-order valence-corrected chi connectivity index (χ3v) is 2.95. The molecule has 0 fully saturated rings. The number of nitrogens with zero attached hydrogens (tertiary/aromatic N) is 4. The first kappa shape index (κ1) is 13.7. The number of aromatic nitrogens is 4. The summed E-state index contributed by atoms with van der Waals surface area (Å²) in [6.45, 7) is 0.